The first-order valence-corrected chi connectivity index (χ1v) is 22.6. The summed E-state index contributed by atoms with van der Waals surface area (Å²) in [5.41, 5.74) is 11.3. The summed E-state index contributed by atoms with van der Waals surface area (Å²) in [5.74, 6) is -0.573. The third kappa shape index (κ3) is 4.99. The van der Waals surface area contributed by atoms with Crippen LogP contribution in [0, 0.1) is 11.6 Å². The molecule has 2 nitrogen and oxygen atoms in total. The summed E-state index contributed by atoms with van der Waals surface area (Å²) in [7, 11) is 0. The van der Waals surface area contributed by atoms with Crippen molar-refractivity contribution in [3.05, 3.63) is 193 Å². The lowest BCUT2D eigenvalue weighted by atomic mass is 9.87. The van der Waals surface area contributed by atoms with Gasteiger partial charge in [0.15, 0.2) is 0 Å². The number of para-hydroxylation sites is 2. The summed E-state index contributed by atoms with van der Waals surface area (Å²) >= 11 is 3.69. The molecule has 13 aromatic rings. The van der Waals surface area contributed by atoms with Gasteiger partial charge in [-0.25, -0.2) is 8.78 Å². The van der Waals surface area contributed by atoms with Crippen molar-refractivity contribution in [1.29, 1.82) is 0 Å². The number of hydrogen-bond donors (Lipinski definition) is 0. The zero-order chi connectivity index (χ0) is 41.2. The van der Waals surface area contributed by atoms with Crippen molar-refractivity contribution in [1.82, 2.24) is 9.13 Å². The van der Waals surface area contributed by atoms with Gasteiger partial charge in [-0.1, -0.05) is 116 Å². The van der Waals surface area contributed by atoms with E-state index in [-0.39, 0.29) is 11.6 Å². The van der Waals surface area contributed by atoms with Crippen LogP contribution < -0.4 is 0 Å². The van der Waals surface area contributed by atoms with Crippen LogP contribution in [0.15, 0.2) is 176 Å². The highest BCUT2D eigenvalue weighted by Gasteiger charge is 2.27. The molecule has 0 saturated heterocycles. The molecule has 0 N–H and O–H groups in total. The second-order valence-electron chi connectivity index (χ2n) is 16.1. The predicted molar refractivity (Wildman–Crippen MR) is 261 cm³/mol. The van der Waals surface area contributed by atoms with Crippen LogP contribution in [0.25, 0.3) is 118 Å². The number of rotatable bonds is 5. The summed E-state index contributed by atoms with van der Waals surface area (Å²) in [6, 6.07) is 60.1. The fraction of sp³-hybridized carbons (Fsp3) is 0.0357. The third-order valence-corrected chi connectivity index (χ3v) is 15.3. The van der Waals surface area contributed by atoms with Crippen molar-refractivity contribution in [3.8, 4) is 33.6 Å². The maximum atomic E-state index is 14.9. The Morgan fingerprint density at radius 1 is 0.403 bits per heavy atom. The minimum Gasteiger partial charge on any atom is -0.308 e. The molecule has 4 heterocycles. The van der Waals surface area contributed by atoms with Crippen LogP contribution in [0.1, 0.15) is 12.5 Å². The molecular weight excluding hydrogens is 803 g/mol. The smallest absolute Gasteiger partial charge is 0.123 e. The quantitative estimate of drug-likeness (QED) is 0.163. The van der Waals surface area contributed by atoms with Gasteiger partial charge in [0.1, 0.15) is 11.6 Å². The van der Waals surface area contributed by atoms with Gasteiger partial charge in [0, 0.05) is 73.0 Å². The molecule has 4 aromatic heterocycles. The fourth-order valence-electron chi connectivity index (χ4n) is 10.3. The molecule has 9 aromatic carbocycles. The largest absolute Gasteiger partial charge is 0.308 e. The molecule has 0 amide bonds. The number of thiophene rings is 2. The Kier molecular flexibility index (Phi) is 7.72. The minimum atomic E-state index is -0.287. The molecule has 0 atom stereocenters. The van der Waals surface area contributed by atoms with E-state index in [2.05, 4.69) is 143 Å². The molecule has 294 valence electrons. The van der Waals surface area contributed by atoms with Crippen molar-refractivity contribution in [2.24, 2.45) is 0 Å². The summed E-state index contributed by atoms with van der Waals surface area (Å²) in [6.45, 7) is 2.20. The predicted octanol–water partition coefficient (Wildman–Crippen LogP) is 16.8. The van der Waals surface area contributed by atoms with Crippen molar-refractivity contribution < 1.29 is 8.78 Å². The van der Waals surface area contributed by atoms with E-state index in [1.165, 1.54) is 61.9 Å². The Labute approximate surface area is 362 Å². The van der Waals surface area contributed by atoms with Crippen molar-refractivity contribution in [2.75, 3.05) is 0 Å². The molecule has 13 rings (SSSR count). The molecule has 6 heteroatoms. The van der Waals surface area contributed by atoms with Gasteiger partial charge in [0.05, 0.1) is 33.4 Å². The highest BCUT2D eigenvalue weighted by Crippen LogP contribution is 2.50. The molecule has 0 radical (unpaired) electrons. The zero-order valence-corrected chi connectivity index (χ0v) is 35.1. The van der Waals surface area contributed by atoms with E-state index in [0.29, 0.717) is 6.42 Å². The van der Waals surface area contributed by atoms with E-state index in [0.717, 1.165) is 61.3 Å². The van der Waals surface area contributed by atoms with Gasteiger partial charge in [0.2, 0.25) is 0 Å². The second-order valence-corrected chi connectivity index (χ2v) is 18.2. The molecule has 0 bridgehead atoms. The first kappa shape index (κ1) is 35.6. The Balaban J connectivity index is 1.24. The molecule has 0 saturated carbocycles. The van der Waals surface area contributed by atoms with E-state index >= 15 is 0 Å². The number of fused-ring (bicyclic) bond motifs is 14. The lowest BCUT2D eigenvalue weighted by Gasteiger charge is -2.25. The van der Waals surface area contributed by atoms with Crippen molar-refractivity contribution >= 4 is 107 Å². The lowest BCUT2D eigenvalue weighted by Crippen LogP contribution is -2.08. The summed E-state index contributed by atoms with van der Waals surface area (Å²) < 4.78 is 39.7. The van der Waals surface area contributed by atoms with Crippen molar-refractivity contribution in [2.45, 2.75) is 13.3 Å². The molecule has 0 fully saturated rings. The van der Waals surface area contributed by atoms with Crippen LogP contribution in [0.3, 0.4) is 0 Å². The zero-order valence-electron chi connectivity index (χ0n) is 33.4. The average Bonchev–Trinajstić information content (AvgIpc) is 4.06. The molecule has 0 unspecified atom stereocenters. The Morgan fingerprint density at radius 2 is 0.806 bits per heavy atom. The first-order valence-electron chi connectivity index (χ1n) is 20.9. The second kappa shape index (κ2) is 13.4. The van der Waals surface area contributed by atoms with Crippen LogP contribution in [0.5, 0.6) is 0 Å². The van der Waals surface area contributed by atoms with E-state index in [1.807, 2.05) is 46.9 Å². The third-order valence-electron chi connectivity index (χ3n) is 12.9. The highest BCUT2D eigenvalue weighted by molar-refractivity contribution is 7.27. The molecular formula is C56H34F2N2S2. The van der Waals surface area contributed by atoms with Gasteiger partial charge in [-0.15, -0.1) is 22.7 Å². The van der Waals surface area contributed by atoms with Gasteiger partial charge < -0.3 is 9.13 Å². The van der Waals surface area contributed by atoms with Crippen LogP contribution in [0.4, 0.5) is 8.78 Å². The number of aromatic nitrogens is 2. The van der Waals surface area contributed by atoms with Gasteiger partial charge in [0.25, 0.3) is 0 Å². The summed E-state index contributed by atoms with van der Waals surface area (Å²) in [5, 5.41) is 9.81. The van der Waals surface area contributed by atoms with Crippen LogP contribution in [0.2, 0.25) is 0 Å². The first-order chi connectivity index (χ1) is 30.6. The topological polar surface area (TPSA) is 9.86 Å². The molecule has 0 aliphatic rings. The van der Waals surface area contributed by atoms with Gasteiger partial charge in [-0.05, 0) is 89.8 Å². The van der Waals surface area contributed by atoms with Gasteiger partial charge >= 0.3 is 0 Å². The van der Waals surface area contributed by atoms with Gasteiger partial charge in [-0.2, -0.15) is 0 Å². The van der Waals surface area contributed by atoms with E-state index < -0.39 is 0 Å². The number of nitrogens with zero attached hydrogens (tertiary/aromatic N) is 2. The van der Waals surface area contributed by atoms with Crippen LogP contribution >= 0.6 is 22.7 Å². The summed E-state index contributed by atoms with van der Waals surface area (Å²) in [6.07, 6.45) is 0.662. The highest BCUT2D eigenvalue weighted by atomic mass is 32.1. The average molecular weight is 837 g/mol. The maximum absolute atomic E-state index is 14.9. The monoisotopic (exact) mass is 836 g/mol. The van der Waals surface area contributed by atoms with E-state index in [4.69, 9.17) is 0 Å². The lowest BCUT2D eigenvalue weighted by molar-refractivity contribution is 0.627. The van der Waals surface area contributed by atoms with Crippen molar-refractivity contribution in [3.63, 3.8) is 0 Å². The normalized spacial score (nSPS) is 12.2. The van der Waals surface area contributed by atoms with Crippen LogP contribution in [-0.2, 0) is 6.42 Å². The number of halogens is 2. The van der Waals surface area contributed by atoms with E-state index in [1.54, 1.807) is 24.3 Å². The molecule has 0 aliphatic heterocycles. The molecule has 62 heavy (non-hydrogen) atoms. The summed E-state index contributed by atoms with van der Waals surface area (Å²) in [4.78, 5) is 0. The fourth-order valence-corrected chi connectivity index (χ4v) is 12.8. The molecule has 0 aliphatic carbocycles. The SMILES string of the molecule is CCc1c(-c2ccc(F)cc2)c(-n2c3ccccc3c3c4sc5ccccc5c4ccc32)cc(-n2c3ccccc3c3c4sc5ccccc5c4ccc32)c1-c1ccc(F)cc1. The maximum Gasteiger partial charge on any atom is 0.123 e. The number of benzene rings is 9. The van der Waals surface area contributed by atoms with Gasteiger partial charge in [-0.3, -0.25) is 0 Å². The number of hydrogen-bond acceptors (Lipinski definition) is 2. The van der Waals surface area contributed by atoms with E-state index in [9.17, 15) is 8.78 Å². The Hall–Kier alpha value is -7.12. The minimum absolute atomic E-state index is 0.287. The van der Waals surface area contributed by atoms with Crippen LogP contribution in [-0.4, -0.2) is 9.13 Å². The Morgan fingerprint density at radius 3 is 1.24 bits per heavy atom. The molecule has 0 spiro atoms. The Bertz CT molecular complexity index is 3720. The standard InChI is InChI=1S/C56H34F2N2S2/c1-2-36-51(32-19-23-34(57)24-20-32)47(59-43-15-7-3-13-41(43)53-45(59)29-27-39-37-11-5-9-17-49(37)61-55(39)53)31-48(52(36)33-21-25-35(58)26-22-33)60-44-16-8-4-14-42(44)54-46(60)30-28-40-38-12-6-10-18-50(38)62-56(40)54/h3-31H,2H2,1H3.